The van der Waals surface area contributed by atoms with E-state index in [1.54, 1.807) is 6.92 Å². The van der Waals surface area contributed by atoms with Crippen LogP contribution in [-0.4, -0.2) is 34.3 Å². The number of hydrogen-bond acceptors (Lipinski definition) is 5. The minimum Gasteiger partial charge on any atom is -0.550 e. The molecule has 94 valence electrons. The summed E-state index contributed by atoms with van der Waals surface area (Å²) in [4.78, 5) is 21.5. The van der Waals surface area contributed by atoms with E-state index in [0.717, 1.165) is 0 Å². The Labute approximate surface area is 122 Å². The van der Waals surface area contributed by atoms with Crippen LogP contribution in [0.2, 0.25) is 0 Å². The molecule has 6 nitrogen and oxygen atoms in total. The van der Waals surface area contributed by atoms with Crippen molar-refractivity contribution in [1.82, 2.24) is 0 Å². The second-order valence-corrected chi connectivity index (χ2v) is 4.12. The molecule has 0 aliphatic rings. The van der Waals surface area contributed by atoms with Gasteiger partial charge in [0.05, 0.1) is 12.0 Å². The van der Waals surface area contributed by atoms with Crippen molar-refractivity contribution in [3.8, 4) is 0 Å². The predicted octanol–water partition coefficient (Wildman–Crippen LogP) is -5.00. The summed E-state index contributed by atoms with van der Waals surface area (Å²) in [5.74, 6) is -4.10. The van der Waals surface area contributed by atoms with Gasteiger partial charge in [0.25, 0.3) is 0 Å². The SMILES string of the molecule is CCC(C(=O)[O-])C(CO)C(C)(O)CC(N)=O.[Na+]. The zero-order valence-electron chi connectivity index (χ0n) is 10.5. The van der Waals surface area contributed by atoms with E-state index >= 15 is 0 Å². The number of nitrogens with two attached hydrogens (primary N) is 1. The topological polar surface area (TPSA) is 124 Å². The van der Waals surface area contributed by atoms with Gasteiger partial charge in [-0.1, -0.05) is 6.92 Å². The van der Waals surface area contributed by atoms with Gasteiger partial charge in [0.1, 0.15) is 0 Å². The Kier molecular flexibility index (Phi) is 9.09. The van der Waals surface area contributed by atoms with Crippen LogP contribution in [0.1, 0.15) is 26.7 Å². The molecule has 1 amide bonds. The van der Waals surface area contributed by atoms with E-state index in [9.17, 15) is 19.8 Å². The van der Waals surface area contributed by atoms with Gasteiger partial charge in [0.15, 0.2) is 0 Å². The average molecular weight is 255 g/mol. The number of aliphatic hydroxyl groups is 2. The first-order chi connectivity index (χ1) is 7.26. The largest absolute Gasteiger partial charge is 1.00 e. The molecule has 0 aliphatic carbocycles. The normalized spacial score (nSPS) is 17.4. The second-order valence-electron chi connectivity index (χ2n) is 4.12. The van der Waals surface area contributed by atoms with Crippen molar-refractivity contribution in [1.29, 1.82) is 0 Å². The molecule has 0 bridgehead atoms. The number of rotatable bonds is 7. The Balaban J connectivity index is 0. The van der Waals surface area contributed by atoms with Gasteiger partial charge in [0, 0.05) is 24.4 Å². The number of carbonyl (C=O) groups excluding carboxylic acids is 2. The molecule has 0 saturated heterocycles. The molecule has 0 spiro atoms. The Hall–Kier alpha value is -0.140. The molecule has 3 atom stereocenters. The van der Waals surface area contributed by atoms with E-state index in [1.165, 1.54) is 6.92 Å². The third-order valence-electron chi connectivity index (χ3n) is 2.76. The average Bonchev–Trinajstić information content (AvgIpc) is 2.10. The van der Waals surface area contributed by atoms with Gasteiger partial charge in [-0.3, -0.25) is 4.79 Å². The molecule has 0 aromatic rings. The zero-order chi connectivity index (χ0) is 12.9. The molecule has 17 heavy (non-hydrogen) atoms. The molecule has 7 heteroatoms. The van der Waals surface area contributed by atoms with Crippen LogP contribution in [0.3, 0.4) is 0 Å². The van der Waals surface area contributed by atoms with Crippen molar-refractivity contribution in [2.24, 2.45) is 17.6 Å². The van der Waals surface area contributed by atoms with Crippen LogP contribution in [0.4, 0.5) is 0 Å². The summed E-state index contributed by atoms with van der Waals surface area (Å²) in [6.07, 6.45) is -0.204. The van der Waals surface area contributed by atoms with Crippen molar-refractivity contribution >= 4 is 11.9 Å². The summed E-state index contributed by atoms with van der Waals surface area (Å²) in [7, 11) is 0. The first-order valence-corrected chi connectivity index (χ1v) is 5.08. The number of carbonyl (C=O) groups is 2. The van der Waals surface area contributed by atoms with Crippen molar-refractivity contribution in [3.05, 3.63) is 0 Å². The fourth-order valence-electron chi connectivity index (χ4n) is 1.86. The van der Waals surface area contributed by atoms with E-state index in [-0.39, 0.29) is 36.0 Å². The van der Waals surface area contributed by atoms with Gasteiger partial charge < -0.3 is 25.8 Å². The maximum Gasteiger partial charge on any atom is 1.00 e. The standard InChI is InChI=1S/C10H19NO5.Na/c1-3-6(9(14)15)7(5-12)10(2,16)4-8(11)13;/h6-7,12,16H,3-5H2,1-2H3,(H2,11,13)(H,14,15);/q;+1/p-1. The zero-order valence-corrected chi connectivity index (χ0v) is 12.5. The van der Waals surface area contributed by atoms with Crippen LogP contribution >= 0.6 is 0 Å². The summed E-state index contributed by atoms with van der Waals surface area (Å²) in [5.41, 5.74) is 3.29. The number of hydrogen-bond donors (Lipinski definition) is 3. The van der Waals surface area contributed by atoms with Gasteiger partial charge in [-0.05, 0) is 13.3 Å². The quantitative estimate of drug-likeness (QED) is 0.393. The number of aliphatic hydroxyl groups excluding tert-OH is 1. The summed E-state index contributed by atoms with van der Waals surface area (Å²) in [6.45, 7) is 2.33. The van der Waals surface area contributed by atoms with Crippen LogP contribution in [0.5, 0.6) is 0 Å². The molecule has 0 fully saturated rings. The summed E-state index contributed by atoms with van der Waals surface area (Å²) in [5, 5.41) is 29.9. The van der Waals surface area contributed by atoms with Crippen LogP contribution in [0, 0.1) is 11.8 Å². The molecule has 0 radical (unpaired) electrons. The maximum absolute atomic E-state index is 10.8. The van der Waals surface area contributed by atoms with Crippen molar-refractivity contribution in [3.63, 3.8) is 0 Å². The van der Waals surface area contributed by atoms with Crippen molar-refractivity contribution in [2.75, 3.05) is 6.61 Å². The van der Waals surface area contributed by atoms with Gasteiger partial charge >= 0.3 is 29.6 Å². The van der Waals surface area contributed by atoms with E-state index in [0.29, 0.717) is 0 Å². The number of primary amides is 1. The fourth-order valence-corrected chi connectivity index (χ4v) is 1.86. The monoisotopic (exact) mass is 255 g/mol. The minimum atomic E-state index is -1.65. The number of carboxylic acid groups (broad SMARTS) is 1. The summed E-state index contributed by atoms with van der Waals surface area (Å²) in [6, 6.07) is 0. The van der Waals surface area contributed by atoms with Crippen LogP contribution < -0.4 is 40.4 Å². The molecule has 0 heterocycles. The first-order valence-electron chi connectivity index (χ1n) is 5.08. The molecule has 0 rings (SSSR count). The van der Waals surface area contributed by atoms with Gasteiger partial charge in [-0.2, -0.15) is 0 Å². The third-order valence-corrected chi connectivity index (χ3v) is 2.76. The Bertz CT molecular complexity index is 269. The van der Waals surface area contributed by atoms with E-state index in [4.69, 9.17) is 10.8 Å². The first kappa shape index (κ1) is 19.2. The third kappa shape index (κ3) is 5.83. The molecule has 4 N–H and O–H groups in total. The maximum atomic E-state index is 10.8. The Morgan fingerprint density at radius 3 is 2.18 bits per heavy atom. The molecule has 0 aromatic carbocycles. The van der Waals surface area contributed by atoms with Crippen molar-refractivity contribution in [2.45, 2.75) is 32.3 Å². The second kappa shape index (κ2) is 8.05. The van der Waals surface area contributed by atoms with Crippen LogP contribution in [0.15, 0.2) is 0 Å². The van der Waals surface area contributed by atoms with E-state index in [1.807, 2.05) is 0 Å². The summed E-state index contributed by atoms with van der Waals surface area (Å²) >= 11 is 0. The molecule has 0 aromatic heterocycles. The summed E-state index contributed by atoms with van der Waals surface area (Å²) < 4.78 is 0. The van der Waals surface area contributed by atoms with Crippen LogP contribution in [-0.2, 0) is 9.59 Å². The van der Waals surface area contributed by atoms with E-state index < -0.39 is 42.3 Å². The Morgan fingerprint density at radius 2 is 1.94 bits per heavy atom. The van der Waals surface area contributed by atoms with Crippen LogP contribution in [0.25, 0.3) is 0 Å². The van der Waals surface area contributed by atoms with E-state index in [2.05, 4.69) is 0 Å². The fraction of sp³-hybridized carbons (Fsp3) is 0.800. The molecule has 0 aliphatic heterocycles. The number of aliphatic carboxylic acids is 1. The van der Waals surface area contributed by atoms with Gasteiger partial charge in [-0.15, -0.1) is 0 Å². The predicted molar refractivity (Wildman–Crippen MR) is 53.8 cm³/mol. The molecule has 0 saturated carbocycles. The molecular weight excluding hydrogens is 237 g/mol. The van der Waals surface area contributed by atoms with Crippen molar-refractivity contribution < 1.29 is 54.5 Å². The number of carboxylic acids is 1. The molecular formula is C10H18NNaO5. The van der Waals surface area contributed by atoms with Gasteiger partial charge in [0.2, 0.25) is 5.91 Å². The van der Waals surface area contributed by atoms with Gasteiger partial charge in [-0.25, -0.2) is 0 Å². The molecule has 3 unspecified atom stereocenters. The smallest absolute Gasteiger partial charge is 0.550 e. The Morgan fingerprint density at radius 1 is 1.47 bits per heavy atom. The minimum absolute atomic E-state index is 0. The number of amides is 1.